The highest BCUT2D eigenvalue weighted by atomic mass is 32.1. The predicted octanol–water partition coefficient (Wildman–Crippen LogP) is 2.47. The molecule has 2 aromatic rings. The minimum Gasteiger partial charge on any atom is -0.396 e. The fraction of sp³-hybridized carbons (Fsp3) is 0.500. The van der Waals surface area contributed by atoms with E-state index in [1.807, 2.05) is 6.92 Å². The van der Waals surface area contributed by atoms with Crippen LogP contribution in [-0.2, 0) is 4.79 Å². The summed E-state index contributed by atoms with van der Waals surface area (Å²) >= 11 is 1.27. The van der Waals surface area contributed by atoms with Gasteiger partial charge in [-0.1, -0.05) is 11.3 Å². The van der Waals surface area contributed by atoms with Crippen LogP contribution in [0.25, 0.3) is 10.2 Å². The molecule has 0 spiro atoms. The molecule has 1 fully saturated rings. The summed E-state index contributed by atoms with van der Waals surface area (Å²) in [5, 5.41) is 12.5. The molecule has 23 heavy (non-hydrogen) atoms. The van der Waals surface area contributed by atoms with Crippen molar-refractivity contribution in [2.45, 2.75) is 25.8 Å². The van der Waals surface area contributed by atoms with Gasteiger partial charge in [0.15, 0.2) is 5.13 Å². The van der Waals surface area contributed by atoms with Crippen LogP contribution in [0.1, 0.15) is 19.8 Å². The lowest BCUT2D eigenvalue weighted by Crippen LogP contribution is -2.46. The van der Waals surface area contributed by atoms with Crippen LogP contribution in [0.5, 0.6) is 0 Å². The minimum atomic E-state index is -0.306. The van der Waals surface area contributed by atoms with Gasteiger partial charge in [0, 0.05) is 6.61 Å². The Bertz CT molecular complexity index is 698. The van der Waals surface area contributed by atoms with Crippen LogP contribution in [0.2, 0.25) is 0 Å². The van der Waals surface area contributed by atoms with E-state index >= 15 is 0 Å². The maximum atomic E-state index is 13.2. The number of carbonyl (C=O) groups is 1. The molecule has 0 saturated carbocycles. The highest BCUT2D eigenvalue weighted by Gasteiger charge is 2.26. The van der Waals surface area contributed by atoms with Crippen molar-refractivity contribution >= 4 is 32.6 Å². The number of carbonyl (C=O) groups excluding carboxylic acids is 1. The number of aromatic nitrogens is 1. The lowest BCUT2D eigenvalue weighted by Gasteiger charge is -2.34. The van der Waals surface area contributed by atoms with E-state index in [9.17, 15) is 14.3 Å². The topological polar surface area (TPSA) is 65.5 Å². The van der Waals surface area contributed by atoms with Crippen molar-refractivity contribution in [3.8, 4) is 0 Å². The fourth-order valence-electron chi connectivity index (χ4n) is 2.85. The van der Waals surface area contributed by atoms with E-state index in [0.29, 0.717) is 16.6 Å². The van der Waals surface area contributed by atoms with Gasteiger partial charge in [0.25, 0.3) is 0 Å². The molecule has 7 heteroatoms. The first-order valence-electron chi connectivity index (χ1n) is 7.78. The van der Waals surface area contributed by atoms with Gasteiger partial charge in [-0.25, -0.2) is 9.37 Å². The van der Waals surface area contributed by atoms with Crippen LogP contribution in [-0.4, -0.2) is 46.6 Å². The smallest absolute Gasteiger partial charge is 0.243 e. The summed E-state index contributed by atoms with van der Waals surface area (Å²) in [5.74, 6) is -0.0632. The number of thiazole rings is 1. The third kappa shape index (κ3) is 3.68. The second-order valence-corrected chi connectivity index (χ2v) is 6.99. The Labute approximate surface area is 138 Å². The molecule has 2 heterocycles. The van der Waals surface area contributed by atoms with Crippen molar-refractivity contribution in [2.75, 3.05) is 25.0 Å². The number of anilines is 1. The summed E-state index contributed by atoms with van der Waals surface area (Å²) in [6, 6.07) is 4.14. The number of hydrogen-bond donors (Lipinski definition) is 2. The average Bonchev–Trinajstić information content (AvgIpc) is 2.95. The molecule has 1 aliphatic rings. The summed E-state index contributed by atoms with van der Waals surface area (Å²) in [7, 11) is 0. The van der Waals surface area contributed by atoms with Crippen LogP contribution in [0.3, 0.4) is 0 Å². The quantitative estimate of drug-likeness (QED) is 0.899. The maximum absolute atomic E-state index is 13.2. The van der Waals surface area contributed by atoms with Crippen molar-refractivity contribution in [2.24, 2.45) is 5.92 Å². The molecule has 0 radical (unpaired) electrons. The van der Waals surface area contributed by atoms with E-state index in [0.717, 1.165) is 30.6 Å². The SMILES string of the molecule is CC(C(=O)Nc1nc2ccc(F)cc2s1)N1CCC(CO)CC1. The Hall–Kier alpha value is -1.57. The van der Waals surface area contributed by atoms with E-state index in [1.54, 1.807) is 6.07 Å². The molecule has 1 aliphatic heterocycles. The lowest BCUT2D eigenvalue weighted by molar-refractivity contribution is -0.121. The van der Waals surface area contributed by atoms with Gasteiger partial charge in [-0.2, -0.15) is 0 Å². The standard InChI is InChI=1S/C16H20FN3O2S/c1-10(20-6-4-11(9-21)5-7-20)15(22)19-16-18-13-3-2-12(17)8-14(13)23-16/h2-3,8,10-11,21H,4-7,9H2,1H3,(H,18,19,22). The van der Waals surface area contributed by atoms with Crippen LogP contribution >= 0.6 is 11.3 Å². The van der Waals surface area contributed by atoms with Gasteiger partial charge < -0.3 is 10.4 Å². The molecule has 1 aromatic heterocycles. The molecule has 0 bridgehead atoms. The highest BCUT2D eigenvalue weighted by Crippen LogP contribution is 2.27. The first-order chi connectivity index (χ1) is 11.1. The van der Waals surface area contributed by atoms with Crippen molar-refractivity contribution in [3.05, 3.63) is 24.0 Å². The number of halogens is 1. The highest BCUT2D eigenvalue weighted by molar-refractivity contribution is 7.22. The molecule has 0 aliphatic carbocycles. The number of aliphatic hydroxyl groups excluding tert-OH is 1. The van der Waals surface area contributed by atoms with Crippen LogP contribution in [0.4, 0.5) is 9.52 Å². The molecule has 1 atom stereocenters. The van der Waals surface area contributed by atoms with Gasteiger partial charge in [-0.3, -0.25) is 9.69 Å². The molecule has 5 nitrogen and oxygen atoms in total. The molecule has 1 aromatic carbocycles. The van der Waals surface area contributed by atoms with Crippen molar-refractivity contribution in [1.29, 1.82) is 0 Å². The van der Waals surface area contributed by atoms with Crippen molar-refractivity contribution < 1.29 is 14.3 Å². The zero-order valence-electron chi connectivity index (χ0n) is 13.0. The minimum absolute atomic E-state index is 0.105. The molecule has 1 unspecified atom stereocenters. The lowest BCUT2D eigenvalue weighted by atomic mass is 9.97. The molecule has 1 amide bonds. The zero-order valence-corrected chi connectivity index (χ0v) is 13.8. The summed E-state index contributed by atoms with van der Waals surface area (Å²) in [6.45, 7) is 3.72. The number of rotatable bonds is 4. The first kappa shape index (κ1) is 16.3. The zero-order chi connectivity index (χ0) is 16.4. The summed E-state index contributed by atoms with van der Waals surface area (Å²) in [6.07, 6.45) is 1.82. The third-order valence-electron chi connectivity index (χ3n) is 4.42. The second kappa shape index (κ2) is 6.90. The van der Waals surface area contributed by atoms with E-state index in [4.69, 9.17) is 0 Å². The molecule has 1 saturated heterocycles. The molecular formula is C16H20FN3O2S. The van der Waals surface area contributed by atoms with Crippen LogP contribution in [0.15, 0.2) is 18.2 Å². The van der Waals surface area contributed by atoms with E-state index in [2.05, 4.69) is 15.2 Å². The van der Waals surface area contributed by atoms with E-state index in [-0.39, 0.29) is 24.4 Å². The van der Waals surface area contributed by atoms with Gasteiger partial charge >= 0.3 is 0 Å². The molecule has 2 N–H and O–H groups in total. The Morgan fingerprint density at radius 1 is 1.52 bits per heavy atom. The predicted molar refractivity (Wildman–Crippen MR) is 89.1 cm³/mol. The number of nitrogens with one attached hydrogen (secondary N) is 1. The molecular weight excluding hydrogens is 317 g/mol. The third-order valence-corrected chi connectivity index (χ3v) is 5.35. The van der Waals surface area contributed by atoms with Gasteiger partial charge in [0.05, 0.1) is 16.3 Å². The average molecular weight is 337 g/mol. The van der Waals surface area contributed by atoms with Gasteiger partial charge in [-0.15, -0.1) is 0 Å². The maximum Gasteiger partial charge on any atom is 0.243 e. The Balaban J connectivity index is 1.63. The van der Waals surface area contributed by atoms with Crippen molar-refractivity contribution in [1.82, 2.24) is 9.88 Å². The number of nitrogens with zero attached hydrogens (tertiary/aromatic N) is 2. The number of aliphatic hydroxyl groups is 1. The number of piperidine rings is 1. The normalized spacial score (nSPS) is 18.2. The second-order valence-electron chi connectivity index (χ2n) is 5.96. The Morgan fingerprint density at radius 2 is 2.26 bits per heavy atom. The number of amides is 1. The summed E-state index contributed by atoms with van der Waals surface area (Å²) < 4.78 is 13.9. The Morgan fingerprint density at radius 3 is 2.96 bits per heavy atom. The van der Waals surface area contributed by atoms with E-state index in [1.165, 1.54) is 23.5 Å². The van der Waals surface area contributed by atoms with Gasteiger partial charge in [0.2, 0.25) is 5.91 Å². The number of likely N-dealkylation sites (tertiary alicyclic amines) is 1. The summed E-state index contributed by atoms with van der Waals surface area (Å²) in [4.78, 5) is 18.8. The number of benzene rings is 1. The van der Waals surface area contributed by atoms with Crippen molar-refractivity contribution in [3.63, 3.8) is 0 Å². The monoisotopic (exact) mass is 337 g/mol. The largest absolute Gasteiger partial charge is 0.396 e. The molecule has 124 valence electrons. The van der Waals surface area contributed by atoms with Crippen LogP contribution < -0.4 is 5.32 Å². The van der Waals surface area contributed by atoms with Crippen LogP contribution in [0, 0.1) is 11.7 Å². The van der Waals surface area contributed by atoms with Gasteiger partial charge in [0.1, 0.15) is 5.82 Å². The van der Waals surface area contributed by atoms with Gasteiger partial charge in [-0.05, 0) is 57.0 Å². The first-order valence-corrected chi connectivity index (χ1v) is 8.60. The fourth-order valence-corrected chi connectivity index (χ4v) is 3.74. The summed E-state index contributed by atoms with van der Waals surface area (Å²) in [5.41, 5.74) is 0.683. The van der Waals surface area contributed by atoms with E-state index < -0.39 is 0 Å². The Kier molecular flexibility index (Phi) is 4.89. The number of fused-ring (bicyclic) bond motifs is 1. The number of hydrogen-bond acceptors (Lipinski definition) is 5. The molecule has 3 rings (SSSR count).